The van der Waals surface area contributed by atoms with Crippen LogP contribution in [0, 0.1) is 13.8 Å². The van der Waals surface area contributed by atoms with E-state index >= 15 is 0 Å². The highest BCUT2D eigenvalue weighted by atomic mass is 35.5. The minimum absolute atomic E-state index is 0.737. The number of hydrogen-bond donors (Lipinski definition) is 1. The second kappa shape index (κ2) is 5.74. The Balaban J connectivity index is 1.97. The first-order valence-electron chi connectivity index (χ1n) is 6.98. The van der Waals surface area contributed by atoms with E-state index in [9.17, 15) is 0 Å². The van der Waals surface area contributed by atoms with Crippen molar-refractivity contribution in [2.24, 2.45) is 0 Å². The summed E-state index contributed by atoms with van der Waals surface area (Å²) < 4.78 is 0. The van der Waals surface area contributed by atoms with Crippen molar-refractivity contribution in [3.05, 3.63) is 70.4 Å². The minimum atomic E-state index is 0.737. The molecule has 0 spiro atoms. The second-order valence-electron chi connectivity index (χ2n) is 5.29. The highest BCUT2D eigenvalue weighted by Crippen LogP contribution is 2.32. The fourth-order valence-electron chi connectivity index (χ4n) is 2.57. The Morgan fingerprint density at radius 1 is 1.10 bits per heavy atom. The molecule has 0 aliphatic heterocycles. The number of benzene rings is 2. The predicted octanol–water partition coefficient (Wildman–Crippen LogP) is 5.12. The molecule has 21 heavy (non-hydrogen) atoms. The average molecular weight is 297 g/mol. The zero-order chi connectivity index (χ0) is 14.8. The maximum Gasteiger partial charge on any atom is 0.0752 e. The van der Waals surface area contributed by atoms with Gasteiger partial charge in [0.2, 0.25) is 0 Å². The Hall–Kier alpha value is -2.06. The summed E-state index contributed by atoms with van der Waals surface area (Å²) in [6.45, 7) is 4.88. The molecule has 2 aromatic carbocycles. The van der Waals surface area contributed by atoms with Crippen LogP contribution in [0.5, 0.6) is 0 Å². The zero-order valence-corrected chi connectivity index (χ0v) is 12.9. The largest absolute Gasteiger partial charge is 0.379 e. The van der Waals surface area contributed by atoms with E-state index in [1.807, 2.05) is 25.3 Å². The third kappa shape index (κ3) is 2.86. The average Bonchev–Trinajstić information content (AvgIpc) is 2.47. The van der Waals surface area contributed by atoms with Crippen LogP contribution >= 0.6 is 11.6 Å². The molecule has 0 fully saturated rings. The van der Waals surface area contributed by atoms with Crippen molar-refractivity contribution in [2.75, 3.05) is 5.32 Å². The van der Waals surface area contributed by atoms with E-state index in [0.717, 1.165) is 33.7 Å². The third-order valence-corrected chi connectivity index (χ3v) is 3.88. The smallest absolute Gasteiger partial charge is 0.0752 e. The summed E-state index contributed by atoms with van der Waals surface area (Å²) in [4.78, 5) is 4.45. The molecule has 0 atom stereocenters. The van der Waals surface area contributed by atoms with Crippen LogP contribution in [0.15, 0.2) is 48.7 Å². The van der Waals surface area contributed by atoms with Gasteiger partial charge >= 0.3 is 0 Å². The Kier molecular flexibility index (Phi) is 3.80. The van der Waals surface area contributed by atoms with Crippen LogP contribution < -0.4 is 5.32 Å². The van der Waals surface area contributed by atoms with Crippen LogP contribution in [-0.2, 0) is 6.54 Å². The highest BCUT2D eigenvalue weighted by molar-refractivity contribution is 6.35. The molecule has 1 aromatic heterocycles. The molecule has 106 valence electrons. The van der Waals surface area contributed by atoms with Crippen molar-refractivity contribution in [1.82, 2.24) is 4.98 Å². The van der Waals surface area contributed by atoms with Crippen LogP contribution in [0.4, 0.5) is 5.69 Å². The fraction of sp³-hybridized carbons (Fsp3) is 0.167. The van der Waals surface area contributed by atoms with Gasteiger partial charge in [0.05, 0.1) is 16.2 Å². The normalized spacial score (nSPS) is 10.8. The standard InChI is InChI=1S/C18H17ClN2/c1-12-5-3-6-14(9-12)11-21-18-15-7-4-8-20-17(15)13(2)10-16(18)19/h3-10,21H,11H2,1-2H3. The van der Waals surface area contributed by atoms with Gasteiger partial charge in [0.1, 0.15) is 0 Å². The van der Waals surface area contributed by atoms with Crippen molar-refractivity contribution in [3.63, 3.8) is 0 Å². The Bertz CT molecular complexity index is 796. The Morgan fingerprint density at radius 3 is 2.76 bits per heavy atom. The molecule has 2 nitrogen and oxygen atoms in total. The third-order valence-electron chi connectivity index (χ3n) is 3.58. The first-order chi connectivity index (χ1) is 10.1. The topological polar surface area (TPSA) is 24.9 Å². The number of aromatic nitrogens is 1. The number of halogens is 1. The molecule has 1 heterocycles. The molecular weight excluding hydrogens is 280 g/mol. The van der Waals surface area contributed by atoms with Gasteiger partial charge in [-0.25, -0.2) is 0 Å². The molecule has 0 aliphatic rings. The van der Waals surface area contributed by atoms with E-state index in [1.54, 1.807) is 0 Å². The van der Waals surface area contributed by atoms with Crippen LogP contribution in [0.1, 0.15) is 16.7 Å². The zero-order valence-electron chi connectivity index (χ0n) is 12.2. The lowest BCUT2D eigenvalue weighted by atomic mass is 10.1. The molecule has 0 saturated heterocycles. The van der Waals surface area contributed by atoms with Crippen molar-refractivity contribution >= 4 is 28.2 Å². The Labute approximate surface area is 129 Å². The fourth-order valence-corrected chi connectivity index (χ4v) is 2.91. The van der Waals surface area contributed by atoms with Gasteiger partial charge in [0, 0.05) is 18.1 Å². The summed E-state index contributed by atoms with van der Waals surface area (Å²) in [6.07, 6.45) is 1.81. The lowest BCUT2D eigenvalue weighted by Gasteiger charge is -2.13. The molecule has 3 heteroatoms. The first-order valence-corrected chi connectivity index (χ1v) is 7.36. The van der Waals surface area contributed by atoms with Gasteiger partial charge in [-0.05, 0) is 43.2 Å². The predicted molar refractivity (Wildman–Crippen MR) is 90.0 cm³/mol. The molecule has 0 amide bonds. The van der Waals surface area contributed by atoms with Crippen LogP contribution in [0.3, 0.4) is 0 Å². The number of fused-ring (bicyclic) bond motifs is 1. The Morgan fingerprint density at radius 2 is 1.95 bits per heavy atom. The van der Waals surface area contributed by atoms with E-state index in [1.165, 1.54) is 11.1 Å². The SMILES string of the molecule is Cc1cccc(CNc2c(Cl)cc(C)c3ncccc23)c1. The van der Waals surface area contributed by atoms with Crippen LogP contribution in [0.2, 0.25) is 5.02 Å². The highest BCUT2D eigenvalue weighted by Gasteiger charge is 2.09. The number of hydrogen-bond acceptors (Lipinski definition) is 2. The number of aryl methyl sites for hydroxylation is 2. The molecular formula is C18H17ClN2. The van der Waals surface area contributed by atoms with E-state index < -0.39 is 0 Å². The summed E-state index contributed by atoms with van der Waals surface area (Å²) in [5.74, 6) is 0. The van der Waals surface area contributed by atoms with Gasteiger partial charge in [-0.2, -0.15) is 0 Å². The number of anilines is 1. The van der Waals surface area contributed by atoms with Crippen LogP contribution in [-0.4, -0.2) is 4.98 Å². The van der Waals surface area contributed by atoms with Gasteiger partial charge in [0.25, 0.3) is 0 Å². The molecule has 0 saturated carbocycles. The monoisotopic (exact) mass is 296 g/mol. The molecule has 0 radical (unpaired) electrons. The van der Waals surface area contributed by atoms with Gasteiger partial charge in [-0.3, -0.25) is 4.98 Å². The van der Waals surface area contributed by atoms with E-state index in [-0.39, 0.29) is 0 Å². The summed E-state index contributed by atoms with van der Waals surface area (Å²) in [5.41, 5.74) is 5.54. The molecule has 3 rings (SSSR count). The molecule has 3 aromatic rings. The van der Waals surface area contributed by atoms with Gasteiger partial charge in [0.15, 0.2) is 0 Å². The summed E-state index contributed by atoms with van der Waals surface area (Å²) in [6, 6.07) is 14.4. The first kappa shape index (κ1) is 13.9. The van der Waals surface area contributed by atoms with Crippen molar-refractivity contribution in [1.29, 1.82) is 0 Å². The molecule has 1 N–H and O–H groups in total. The van der Waals surface area contributed by atoms with Crippen molar-refractivity contribution in [2.45, 2.75) is 20.4 Å². The number of nitrogens with one attached hydrogen (secondary N) is 1. The van der Waals surface area contributed by atoms with E-state index in [0.29, 0.717) is 0 Å². The van der Waals surface area contributed by atoms with Crippen molar-refractivity contribution in [3.8, 4) is 0 Å². The van der Waals surface area contributed by atoms with Gasteiger partial charge < -0.3 is 5.32 Å². The molecule has 0 unspecified atom stereocenters. The summed E-state index contributed by atoms with van der Waals surface area (Å²) in [5, 5.41) is 5.26. The van der Waals surface area contributed by atoms with Crippen LogP contribution in [0.25, 0.3) is 10.9 Å². The van der Waals surface area contributed by atoms with Crippen molar-refractivity contribution < 1.29 is 0 Å². The molecule has 0 aliphatic carbocycles. The number of pyridine rings is 1. The van der Waals surface area contributed by atoms with E-state index in [2.05, 4.69) is 47.6 Å². The minimum Gasteiger partial charge on any atom is -0.379 e. The maximum absolute atomic E-state index is 6.42. The number of rotatable bonds is 3. The molecule has 0 bridgehead atoms. The van der Waals surface area contributed by atoms with Gasteiger partial charge in [-0.1, -0.05) is 41.4 Å². The second-order valence-corrected chi connectivity index (χ2v) is 5.70. The van der Waals surface area contributed by atoms with E-state index in [4.69, 9.17) is 11.6 Å². The number of nitrogens with zero attached hydrogens (tertiary/aromatic N) is 1. The quantitative estimate of drug-likeness (QED) is 0.726. The maximum atomic E-state index is 6.42. The van der Waals surface area contributed by atoms with Gasteiger partial charge in [-0.15, -0.1) is 0 Å². The lowest BCUT2D eigenvalue weighted by Crippen LogP contribution is -2.02. The lowest BCUT2D eigenvalue weighted by molar-refractivity contribution is 1.14. The summed E-state index contributed by atoms with van der Waals surface area (Å²) >= 11 is 6.42. The summed E-state index contributed by atoms with van der Waals surface area (Å²) in [7, 11) is 0.